The quantitative estimate of drug-likeness (QED) is 0.518. The van der Waals surface area contributed by atoms with Gasteiger partial charge < -0.3 is 15.2 Å². The number of unbranched alkanes of at least 4 members (excludes halogenated alkanes) is 1. The van der Waals surface area contributed by atoms with Gasteiger partial charge in [-0.2, -0.15) is 0 Å². The largest absolute Gasteiger partial charge is 0.493 e. The minimum atomic E-state index is -3.54. The number of sulfonamides is 1. The third-order valence-electron chi connectivity index (χ3n) is 4.62. The lowest BCUT2D eigenvalue weighted by molar-refractivity contribution is 0.116. The first-order chi connectivity index (χ1) is 13.0. The van der Waals surface area contributed by atoms with Gasteiger partial charge in [0, 0.05) is 25.7 Å². The van der Waals surface area contributed by atoms with E-state index in [2.05, 4.69) is 16.5 Å². The van der Waals surface area contributed by atoms with Crippen LogP contribution in [-0.4, -0.2) is 65.4 Å². The molecule has 1 atom stereocenters. The molecule has 1 aliphatic rings. The van der Waals surface area contributed by atoms with Gasteiger partial charge in [-0.1, -0.05) is 13.3 Å². The van der Waals surface area contributed by atoms with Crippen LogP contribution in [0.5, 0.6) is 5.75 Å². The molecule has 8 heteroatoms. The van der Waals surface area contributed by atoms with Gasteiger partial charge in [0.25, 0.3) is 0 Å². The van der Waals surface area contributed by atoms with E-state index in [9.17, 15) is 8.42 Å². The summed E-state index contributed by atoms with van der Waals surface area (Å²) in [5.41, 5.74) is 6.23. The first-order valence-corrected chi connectivity index (χ1v) is 11.2. The standard InChI is InChI=1S/C19H33N3O4S/c1-3-4-11-26-19-6-5-18(14-16(19)2)27(23,24)21-17-7-9-22(15-17)10-13-25-12-8-20/h5-6,14,17,21H,3-4,7-13,15,20H2,1-2H3/t17-/m0/s1. The zero-order valence-electron chi connectivity index (χ0n) is 16.4. The van der Waals surface area contributed by atoms with Gasteiger partial charge in [-0.15, -0.1) is 0 Å². The first kappa shape index (κ1) is 22.1. The van der Waals surface area contributed by atoms with Crippen LogP contribution in [0.15, 0.2) is 23.1 Å². The van der Waals surface area contributed by atoms with E-state index in [1.165, 1.54) is 0 Å². The van der Waals surface area contributed by atoms with Gasteiger partial charge >= 0.3 is 0 Å². The van der Waals surface area contributed by atoms with Gasteiger partial charge in [-0.25, -0.2) is 13.1 Å². The number of hydrogen-bond acceptors (Lipinski definition) is 6. The highest BCUT2D eigenvalue weighted by Crippen LogP contribution is 2.23. The fraction of sp³-hybridized carbons (Fsp3) is 0.684. The summed E-state index contributed by atoms with van der Waals surface area (Å²) in [6.45, 7) is 8.68. The lowest BCUT2D eigenvalue weighted by atomic mass is 10.2. The lowest BCUT2D eigenvalue weighted by Gasteiger charge is -2.17. The van der Waals surface area contributed by atoms with Crippen molar-refractivity contribution in [3.63, 3.8) is 0 Å². The van der Waals surface area contributed by atoms with Gasteiger partial charge in [0.1, 0.15) is 5.75 Å². The van der Waals surface area contributed by atoms with E-state index < -0.39 is 10.0 Å². The SMILES string of the molecule is CCCCOc1ccc(S(=O)(=O)N[C@H]2CCN(CCOCCN)C2)cc1C. The second kappa shape index (κ2) is 11.0. The molecule has 7 nitrogen and oxygen atoms in total. The van der Waals surface area contributed by atoms with Crippen LogP contribution in [0.4, 0.5) is 0 Å². The van der Waals surface area contributed by atoms with E-state index >= 15 is 0 Å². The van der Waals surface area contributed by atoms with Crippen molar-refractivity contribution in [2.45, 2.75) is 44.0 Å². The second-order valence-corrected chi connectivity index (χ2v) is 8.65. The molecular formula is C19H33N3O4S. The zero-order valence-corrected chi connectivity index (χ0v) is 17.3. The summed E-state index contributed by atoms with van der Waals surface area (Å²) in [6, 6.07) is 4.96. The van der Waals surface area contributed by atoms with Gasteiger partial charge in [0.15, 0.2) is 0 Å². The van der Waals surface area contributed by atoms with Crippen LogP contribution >= 0.6 is 0 Å². The number of likely N-dealkylation sites (tertiary alicyclic amines) is 1. The Hall–Kier alpha value is -1.19. The number of rotatable bonds is 12. The van der Waals surface area contributed by atoms with Gasteiger partial charge in [0.05, 0.1) is 24.7 Å². The van der Waals surface area contributed by atoms with Crippen molar-refractivity contribution in [3.05, 3.63) is 23.8 Å². The molecule has 27 heavy (non-hydrogen) atoms. The minimum absolute atomic E-state index is 0.0784. The number of nitrogens with one attached hydrogen (secondary N) is 1. The zero-order chi connectivity index (χ0) is 19.7. The molecule has 0 spiro atoms. The lowest BCUT2D eigenvalue weighted by Crippen LogP contribution is -2.37. The van der Waals surface area contributed by atoms with Crippen molar-refractivity contribution < 1.29 is 17.9 Å². The number of hydrogen-bond donors (Lipinski definition) is 2. The molecule has 0 aromatic heterocycles. The summed E-state index contributed by atoms with van der Waals surface area (Å²) >= 11 is 0. The molecule has 1 saturated heterocycles. The minimum Gasteiger partial charge on any atom is -0.493 e. The van der Waals surface area contributed by atoms with Gasteiger partial charge in [-0.3, -0.25) is 4.90 Å². The molecule has 0 saturated carbocycles. The third kappa shape index (κ3) is 7.04. The average Bonchev–Trinajstić information content (AvgIpc) is 3.07. The highest BCUT2D eigenvalue weighted by molar-refractivity contribution is 7.89. The molecule has 0 unspecified atom stereocenters. The van der Waals surface area contributed by atoms with Crippen LogP contribution in [0.2, 0.25) is 0 Å². The smallest absolute Gasteiger partial charge is 0.240 e. The molecule has 1 fully saturated rings. The molecule has 3 N–H and O–H groups in total. The Morgan fingerprint density at radius 1 is 1.30 bits per heavy atom. The Labute approximate surface area is 163 Å². The Morgan fingerprint density at radius 2 is 2.11 bits per heavy atom. The Bertz CT molecular complexity index is 682. The number of ether oxygens (including phenoxy) is 2. The maximum Gasteiger partial charge on any atom is 0.240 e. The van der Waals surface area contributed by atoms with Crippen LogP contribution < -0.4 is 15.2 Å². The van der Waals surface area contributed by atoms with Crippen molar-refractivity contribution in [1.82, 2.24) is 9.62 Å². The van der Waals surface area contributed by atoms with E-state index in [1.54, 1.807) is 18.2 Å². The summed E-state index contributed by atoms with van der Waals surface area (Å²) in [5.74, 6) is 0.743. The Kier molecular flexibility index (Phi) is 8.98. The molecule has 1 aromatic rings. The van der Waals surface area contributed by atoms with Crippen molar-refractivity contribution in [1.29, 1.82) is 0 Å². The number of nitrogens with two attached hydrogens (primary N) is 1. The van der Waals surface area contributed by atoms with Crippen LogP contribution in [0.1, 0.15) is 31.7 Å². The van der Waals surface area contributed by atoms with E-state index in [0.29, 0.717) is 32.9 Å². The number of aryl methyl sites for hydroxylation is 1. The highest BCUT2D eigenvalue weighted by Gasteiger charge is 2.27. The number of benzene rings is 1. The topological polar surface area (TPSA) is 93.9 Å². The van der Waals surface area contributed by atoms with Crippen LogP contribution in [-0.2, 0) is 14.8 Å². The third-order valence-corrected chi connectivity index (χ3v) is 6.14. The fourth-order valence-electron chi connectivity index (χ4n) is 3.08. The monoisotopic (exact) mass is 399 g/mol. The Balaban J connectivity index is 1.88. The first-order valence-electron chi connectivity index (χ1n) is 9.72. The molecular weight excluding hydrogens is 366 g/mol. The van der Waals surface area contributed by atoms with Gasteiger partial charge in [-0.05, 0) is 50.1 Å². The predicted octanol–water partition coefficient (Wildman–Crippen LogP) is 1.50. The maximum atomic E-state index is 12.7. The fourth-order valence-corrected chi connectivity index (χ4v) is 4.42. The normalized spacial score (nSPS) is 18.1. The van der Waals surface area contributed by atoms with Crippen molar-refractivity contribution in [3.8, 4) is 5.75 Å². The van der Waals surface area contributed by atoms with E-state index in [-0.39, 0.29) is 10.9 Å². The van der Waals surface area contributed by atoms with E-state index in [0.717, 1.165) is 43.7 Å². The van der Waals surface area contributed by atoms with E-state index in [1.807, 2.05) is 6.92 Å². The maximum absolute atomic E-state index is 12.7. The molecule has 1 aromatic carbocycles. The summed E-state index contributed by atoms with van der Waals surface area (Å²) < 4.78 is 39.3. The summed E-state index contributed by atoms with van der Waals surface area (Å²) in [7, 11) is -3.54. The predicted molar refractivity (Wildman–Crippen MR) is 107 cm³/mol. The van der Waals surface area contributed by atoms with Gasteiger partial charge in [0.2, 0.25) is 10.0 Å². The molecule has 1 heterocycles. The molecule has 154 valence electrons. The van der Waals surface area contributed by atoms with Crippen LogP contribution in [0.3, 0.4) is 0 Å². The average molecular weight is 400 g/mol. The molecule has 0 amide bonds. The van der Waals surface area contributed by atoms with Crippen molar-refractivity contribution >= 4 is 10.0 Å². The van der Waals surface area contributed by atoms with Crippen molar-refractivity contribution in [2.24, 2.45) is 5.73 Å². The molecule has 1 aliphatic heterocycles. The second-order valence-electron chi connectivity index (χ2n) is 6.94. The molecule has 0 bridgehead atoms. The summed E-state index contributed by atoms with van der Waals surface area (Å²) in [4.78, 5) is 2.49. The summed E-state index contributed by atoms with van der Waals surface area (Å²) in [6.07, 6.45) is 2.84. The molecule has 0 aliphatic carbocycles. The summed E-state index contributed by atoms with van der Waals surface area (Å²) in [5, 5.41) is 0. The van der Waals surface area contributed by atoms with Crippen LogP contribution in [0, 0.1) is 6.92 Å². The van der Waals surface area contributed by atoms with E-state index in [4.69, 9.17) is 15.2 Å². The molecule has 2 rings (SSSR count). The van der Waals surface area contributed by atoms with Crippen LogP contribution in [0.25, 0.3) is 0 Å². The highest BCUT2D eigenvalue weighted by atomic mass is 32.2. The molecule has 0 radical (unpaired) electrons. The number of nitrogens with zero attached hydrogens (tertiary/aromatic N) is 1. The Morgan fingerprint density at radius 3 is 2.81 bits per heavy atom. The van der Waals surface area contributed by atoms with Crippen molar-refractivity contribution in [2.75, 3.05) is 46.0 Å².